The van der Waals surface area contributed by atoms with Gasteiger partial charge in [0.2, 0.25) is 0 Å². The second-order valence-electron chi connectivity index (χ2n) is 6.01. The molecular weight excluding hydrogens is 250 g/mol. The molecular formula is C16H25N3O. The lowest BCUT2D eigenvalue weighted by atomic mass is 9.86. The number of hydrogen-bond acceptors (Lipinski definition) is 4. The zero-order valence-corrected chi connectivity index (χ0v) is 12.5. The van der Waals surface area contributed by atoms with Gasteiger partial charge in [-0.25, -0.2) is 0 Å². The molecule has 2 N–H and O–H groups in total. The van der Waals surface area contributed by atoms with Crippen LogP contribution in [0, 0.1) is 0 Å². The van der Waals surface area contributed by atoms with Crippen LogP contribution in [0.5, 0.6) is 5.75 Å². The topological polar surface area (TPSA) is 41.7 Å². The molecule has 2 heterocycles. The third-order valence-corrected chi connectivity index (χ3v) is 5.28. The third-order valence-electron chi connectivity index (χ3n) is 5.28. The Labute approximate surface area is 121 Å². The number of nitrogens with zero attached hydrogens (tertiary/aromatic N) is 2. The van der Waals surface area contributed by atoms with Crippen molar-refractivity contribution in [2.24, 2.45) is 5.73 Å². The van der Waals surface area contributed by atoms with Crippen molar-refractivity contribution in [1.82, 2.24) is 4.90 Å². The molecule has 0 radical (unpaired) electrons. The number of hydrogen-bond donors (Lipinski definition) is 1. The number of methoxy groups -OCH3 is 1. The Morgan fingerprint density at radius 3 is 3.05 bits per heavy atom. The van der Waals surface area contributed by atoms with Crippen LogP contribution in [0.1, 0.15) is 19.3 Å². The molecule has 3 rings (SSSR count). The van der Waals surface area contributed by atoms with Crippen LogP contribution in [0.15, 0.2) is 24.3 Å². The highest BCUT2D eigenvalue weighted by Crippen LogP contribution is 2.41. The van der Waals surface area contributed by atoms with Crippen molar-refractivity contribution >= 4 is 5.69 Å². The van der Waals surface area contributed by atoms with Crippen molar-refractivity contribution in [2.75, 3.05) is 38.7 Å². The molecule has 2 aliphatic rings. The van der Waals surface area contributed by atoms with E-state index < -0.39 is 0 Å². The maximum absolute atomic E-state index is 6.23. The van der Waals surface area contributed by atoms with Gasteiger partial charge in [-0.3, -0.25) is 4.90 Å². The molecule has 4 heteroatoms. The van der Waals surface area contributed by atoms with E-state index >= 15 is 0 Å². The summed E-state index contributed by atoms with van der Waals surface area (Å²) in [5.74, 6) is 0.905. The van der Waals surface area contributed by atoms with E-state index in [9.17, 15) is 0 Å². The minimum Gasteiger partial charge on any atom is -0.497 e. The first-order chi connectivity index (χ1) is 9.71. The average Bonchev–Trinajstić information content (AvgIpc) is 3.09. The molecule has 0 spiro atoms. The van der Waals surface area contributed by atoms with Crippen molar-refractivity contribution in [2.45, 2.75) is 30.8 Å². The maximum Gasteiger partial charge on any atom is 0.120 e. The van der Waals surface area contributed by atoms with Gasteiger partial charge in [-0.2, -0.15) is 0 Å². The van der Waals surface area contributed by atoms with Crippen LogP contribution >= 0.6 is 0 Å². The van der Waals surface area contributed by atoms with Crippen LogP contribution in [0.25, 0.3) is 0 Å². The predicted molar refractivity (Wildman–Crippen MR) is 82.4 cm³/mol. The zero-order valence-electron chi connectivity index (χ0n) is 12.5. The molecule has 110 valence electrons. The van der Waals surface area contributed by atoms with E-state index in [0.717, 1.165) is 12.2 Å². The highest BCUT2D eigenvalue weighted by Gasteiger charge is 2.50. The third kappa shape index (κ3) is 1.98. The fourth-order valence-corrected chi connectivity index (χ4v) is 4.05. The minimum absolute atomic E-state index is 0.0723. The molecule has 2 saturated heterocycles. The fourth-order valence-electron chi connectivity index (χ4n) is 4.05. The summed E-state index contributed by atoms with van der Waals surface area (Å²) >= 11 is 0. The lowest BCUT2D eigenvalue weighted by Crippen LogP contribution is -2.58. The van der Waals surface area contributed by atoms with Gasteiger partial charge in [0.1, 0.15) is 5.75 Å². The van der Waals surface area contributed by atoms with E-state index in [1.807, 2.05) is 6.07 Å². The van der Waals surface area contributed by atoms with Crippen LogP contribution in [-0.4, -0.2) is 50.3 Å². The normalized spacial score (nSPS) is 29.4. The molecule has 0 saturated carbocycles. The first-order valence-electron chi connectivity index (χ1n) is 7.53. The van der Waals surface area contributed by atoms with E-state index in [1.54, 1.807) is 7.11 Å². The van der Waals surface area contributed by atoms with Gasteiger partial charge in [-0.15, -0.1) is 0 Å². The molecule has 2 aliphatic heterocycles. The molecule has 0 amide bonds. The Hall–Kier alpha value is -1.26. The second kappa shape index (κ2) is 5.26. The average molecular weight is 275 g/mol. The number of anilines is 1. The van der Waals surface area contributed by atoms with Crippen molar-refractivity contribution < 1.29 is 4.74 Å². The Morgan fingerprint density at radius 2 is 2.30 bits per heavy atom. The predicted octanol–water partition coefficient (Wildman–Crippen LogP) is 1.70. The SMILES string of the molecule is COc1cccc(N(C)C2(CN)CCN3CCCC32)c1. The summed E-state index contributed by atoms with van der Waals surface area (Å²) in [6, 6.07) is 8.90. The number of nitrogens with two attached hydrogens (primary N) is 1. The smallest absolute Gasteiger partial charge is 0.120 e. The molecule has 1 aromatic carbocycles. The summed E-state index contributed by atoms with van der Waals surface area (Å²) in [5, 5.41) is 0. The lowest BCUT2D eigenvalue weighted by molar-refractivity contribution is 0.262. The van der Waals surface area contributed by atoms with E-state index in [1.165, 1.54) is 31.6 Å². The van der Waals surface area contributed by atoms with Crippen molar-refractivity contribution in [3.63, 3.8) is 0 Å². The van der Waals surface area contributed by atoms with Crippen molar-refractivity contribution in [1.29, 1.82) is 0 Å². The Morgan fingerprint density at radius 1 is 1.45 bits per heavy atom. The van der Waals surface area contributed by atoms with E-state index in [2.05, 4.69) is 35.0 Å². The molecule has 4 nitrogen and oxygen atoms in total. The van der Waals surface area contributed by atoms with Crippen LogP contribution in [0.3, 0.4) is 0 Å². The van der Waals surface area contributed by atoms with Gasteiger partial charge >= 0.3 is 0 Å². The van der Waals surface area contributed by atoms with E-state index in [0.29, 0.717) is 12.6 Å². The molecule has 20 heavy (non-hydrogen) atoms. The summed E-state index contributed by atoms with van der Waals surface area (Å²) in [7, 11) is 3.90. The zero-order chi connectivity index (χ0) is 14.2. The summed E-state index contributed by atoms with van der Waals surface area (Å²) < 4.78 is 5.35. The minimum atomic E-state index is 0.0723. The van der Waals surface area contributed by atoms with Crippen LogP contribution < -0.4 is 15.4 Å². The first kappa shape index (κ1) is 13.7. The fraction of sp³-hybridized carbons (Fsp3) is 0.625. The standard InChI is InChI=1S/C16H25N3O/c1-18(13-5-3-6-14(11-13)20-2)16(12-17)8-10-19-9-4-7-15(16)19/h3,5-6,11,15H,4,7-10,12,17H2,1-2H3. The van der Waals surface area contributed by atoms with Gasteiger partial charge in [-0.1, -0.05) is 6.07 Å². The number of likely N-dealkylation sites (N-methyl/N-ethyl adjacent to an activating group) is 1. The number of benzene rings is 1. The summed E-state index contributed by atoms with van der Waals surface area (Å²) in [6.07, 6.45) is 3.73. The molecule has 0 bridgehead atoms. The number of fused-ring (bicyclic) bond motifs is 1. The van der Waals surface area contributed by atoms with Gasteiger partial charge in [-0.05, 0) is 37.9 Å². The van der Waals surface area contributed by atoms with E-state index in [4.69, 9.17) is 10.5 Å². The largest absolute Gasteiger partial charge is 0.497 e. The highest BCUT2D eigenvalue weighted by molar-refractivity contribution is 5.53. The monoisotopic (exact) mass is 275 g/mol. The summed E-state index contributed by atoms with van der Waals surface area (Å²) in [5.41, 5.74) is 7.50. The first-order valence-corrected chi connectivity index (χ1v) is 7.53. The van der Waals surface area contributed by atoms with Gasteiger partial charge in [0.25, 0.3) is 0 Å². The number of ether oxygens (including phenoxy) is 1. The van der Waals surface area contributed by atoms with Gasteiger partial charge in [0.05, 0.1) is 12.6 Å². The number of rotatable bonds is 4. The molecule has 0 aromatic heterocycles. The summed E-state index contributed by atoms with van der Waals surface area (Å²) in [4.78, 5) is 5.01. The van der Waals surface area contributed by atoms with Crippen molar-refractivity contribution in [3.05, 3.63) is 24.3 Å². The lowest BCUT2D eigenvalue weighted by Gasteiger charge is -2.44. The van der Waals surface area contributed by atoms with Crippen molar-refractivity contribution in [3.8, 4) is 5.75 Å². The van der Waals surface area contributed by atoms with Crippen LogP contribution in [0.4, 0.5) is 5.69 Å². The maximum atomic E-state index is 6.23. The van der Waals surface area contributed by atoms with Gasteiger partial charge in [0, 0.05) is 37.9 Å². The van der Waals surface area contributed by atoms with Crippen LogP contribution in [0.2, 0.25) is 0 Å². The Balaban J connectivity index is 1.92. The Bertz CT molecular complexity index is 479. The molecule has 2 fully saturated rings. The molecule has 0 aliphatic carbocycles. The van der Waals surface area contributed by atoms with Crippen LogP contribution in [-0.2, 0) is 0 Å². The van der Waals surface area contributed by atoms with Gasteiger partial charge in [0.15, 0.2) is 0 Å². The molecule has 2 unspecified atom stereocenters. The van der Waals surface area contributed by atoms with E-state index in [-0.39, 0.29) is 5.54 Å². The molecule has 2 atom stereocenters. The summed E-state index contributed by atoms with van der Waals surface area (Å²) in [6.45, 7) is 3.12. The highest BCUT2D eigenvalue weighted by atomic mass is 16.5. The quantitative estimate of drug-likeness (QED) is 0.908. The Kier molecular flexibility index (Phi) is 3.61. The molecule has 1 aromatic rings. The van der Waals surface area contributed by atoms with Gasteiger partial charge < -0.3 is 15.4 Å². The second-order valence-corrected chi connectivity index (χ2v) is 6.01.